The third-order valence-corrected chi connectivity index (χ3v) is 7.79. The summed E-state index contributed by atoms with van der Waals surface area (Å²) in [6.07, 6.45) is 29.6. The Morgan fingerprint density at radius 2 is 0.535 bits per heavy atom. The molecule has 0 N–H and O–H groups in total. The zero-order valence-corrected chi connectivity index (χ0v) is 32.1. The van der Waals surface area contributed by atoms with Crippen LogP contribution in [0.15, 0.2) is 98.1 Å². The summed E-state index contributed by atoms with van der Waals surface area (Å²) in [4.78, 5) is 0. The second kappa shape index (κ2) is 23.8. The van der Waals surface area contributed by atoms with Gasteiger partial charge in [0, 0.05) is 61.4 Å². The number of rotatable bonds is 16. The minimum absolute atomic E-state index is 0. The lowest BCUT2D eigenvalue weighted by Gasteiger charge is -2.03. The van der Waals surface area contributed by atoms with Gasteiger partial charge in [-0.25, -0.2) is 18.3 Å². The van der Waals surface area contributed by atoms with Crippen LogP contribution in [0.2, 0.25) is 0 Å². The van der Waals surface area contributed by atoms with E-state index < -0.39 is 0 Å². The third-order valence-electron chi connectivity index (χ3n) is 7.79. The highest BCUT2D eigenvalue weighted by Gasteiger charge is 2.06. The smallest absolute Gasteiger partial charge is 0.169 e. The zero-order valence-electron chi connectivity index (χ0n) is 25.7. The molecule has 0 aliphatic rings. The Kier molecular flexibility index (Phi) is 23.0. The molecule has 0 radical (unpaired) electrons. The van der Waals surface area contributed by atoms with Gasteiger partial charge in [-0.05, 0) is 48.9 Å². The van der Waals surface area contributed by atoms with Crippen LogP contribution >= 0.6 is 0 Å². The molecular weight excluding hydrogens is 796 g/mol. The van der Waals surface area contributed by atoms with E-state index in [0.29, 0.717) is 0 Å². The lowest BCUT2D eigenvalue weighted by atomic mass is 10.1. The normalized spacial score (nSPS) is 10.1. The molecule has 0 spiro atoms. The number of unbranched alkanes of at least 4 members (excludes halogenated alkanes) is 8. The van der Waals surface area contributed by atoms with Gasteiger partial charge in [-0.3, -0.25) is 0 Å². The topological polar surface area (TPSA) is 15.5 Å². The van der Waals surface area contributed by atoms with Gasteiger partial charge < -0.3 is 67.9 Å². The number of aryl methyl sites for hydroxylation is 4. The van der Waals surface area contributed by atoms with Gasteiger partial charge in [0.25, 0.3) is 0 Å². The van der Waals surface area contributed by atoms with Gasteiger partial charge in [0.1, 0.15) is 26.2 Å². The van der Waals surface area contributed by atoms with Crippen LogP contribution in [0.25, 0.3) is 22.3 Å². The predicted octanol–water partition coefficient (Wildman–Crippen LogP) is -5.56. The molecule has 0 aliphatic heterocycles. The summed E-state index contributed by atoms with van der Waals surface area (Å²) in [7, 11) is 0. The predicted molar refractivity (Wildman–Crippen MR) is 157 cm³/mol. The Morgan fingerprint density at radius 1 is 0.326 bits per heavy atom. The first-order valence-electron chi connectivity index (χ1n) is 15.2. The average Bonchev–Trinajstić information content (AvgIpc) is 3.00. The fourth-order valence-electron chi connectivity index (χ4n) is 5.15. The van der Waals surface area contributed by atoms with Gasteiger partial charge in [0.2, 0.25) is 0 Å². The van der Waals surface area contributed by atoms with Crippen molar-refractivity contribution in [3.8, 4) is 22.3 Å². The number of hydrogen-bond donors (Lipinski definition) is 0. The summed E-state index contributed by atoms with van der Waals surface area (Å²) in [5, 5.41) is 0. The lowest BCUT2D eigenvalue weighted by Crippen LogP contribution is -3.00. The molecule has 4 aromatic heterocycles. The maximum absolute atomic E-state index is 2.33. The van der Waals surface area contributed by atoms with Crippen molar-refractivity contribution in [2.75, 3.05) is 0 Å². The van der Waals surface area contributed by atoms with E-state index in [1.807, 2.05) is 0 Å². The SMILES string of the molecule is CC[n+]1ccc(-c2cc[n+](CCCCCCCCCCC[n+]3ccc(-c4cc[n+](CC)cc4)cc3)cc2)cc1.[Br-].[Br-].[Br-].[Br-]. The highest BCUT2D eigenvalue weighted by molar-refractivity contribution is 5.61. The second-order valence-corrected chi connectivity index (χ2v) is 10.7. The van der Waals surface area contributed by atoms with Crippen molar-refractivity contribution >= 4 is 0 Å². The van der Waals surface area contributed by atoms with Crippen LogP contribution in [0.3, 0.4) is 0 Å². The van der Waals surface area contributed by atoms with Gasteiger partial charge in [-0.1, -0.05) is 32.1 Å². The molecule has 0 atom stereocenters. The first-order chi connectivity index (χ1) is 19.2. The van der Waals surface area contributed by atoms with Gasteiger partial charge in [0.05, 0.1) is 0 Å². The van der Waals surface area contributed by atoms with Crippen LogP contribution in [-0.4, -0.2) is 0 Å². The van der Waals surface area contributed by atoms with Crippen LogP contribution in [0.1, 0.15) is 71.6 Å². The van der Waals surface area contributed by atoms with Crippen LogP contribution in [-0.2, 0) is 26.2 Å². The molecular formula is C35H48Br4N4. The summed E-state index contributed by atoms with van der Waals surface area (Å²) in [6.45, 7) is 8.60. The minimum atomic E-state index is 0. The molecule has 236 valence electrons. The van der Waals surface area contributed by atoms with E-state index in [1.165, 1.54) is 80.0 Å². The van der Waals surface area contributed by atoms with E-state index in [9.17, 15) is 0 Å². The second-order valence-electron chi connectivity index (χ2n) is 10.7. The average molecular weight is 844 g/mol. The Bertz CT molecular complexity index is 1130. The van der Waals surface area contributed by atoms with Gasteiger partial charge in [0.15, 0.2) is 49.6 Å². The summed E-state index contributed by atoms with van der Waals surface area (Å²) in [5.74, 6) is 0. The molecule has 4 aromatic rings. The minimum Gasteiger partial charge on any atom is -1.00 e. The fourth-order valence-corrected chi connectivity index (χ4v) is 5.15. The Balaban J connectivity index is 0.00000441. The van der Waals surface area contributed by atoms with Gasteiger partial charge in [-0.15, -0.1) is 0 Å². The largest absolute Gasteiger partial charge is 1.00 e. The first kappa shape index (κ1) is 41.5. The number of nitrogens with zero attached hydrogens (tertiary/aromatic N) is 4. The van der Waals surface area contributed by atoms with E-state index in [0.717, 1.165) is 26.2 Å². The Morgan fingerprint density at radius 3 is 0.767 bits per heavy atom. The van der Waals surface area contributed by atoms with Gasteiger partial charge in [-0.2, -0.15) is 0 Å². The van der Waals surface area contributed by atoms with E-state index in [4.69, 9.17) is 0 Å². The molecule has 0 unspecified atom stereocenters. The Hall–Kier alpha value is -1.48. The van der Waals surface area contributed by atoms with Crippen molar-refractivity contribution in [2.24, 2.45) is 0 Å². The maximum atomic E-state index is 2.33. The van der Waals surface area contributed by atoms with Crippen molar-refractivity contribution in [3.05, 3.63) is 98.1 Å². The monoisotopic (exact) mass is 840 g/mol. The Labute approximate surface area is 302 Å². The molecule has 4 nitrogen and oxygen atoms in total. The van der Waals surface area contributed by atoms with Crippen LogP contribution < -0.4 is 86.2 Å². The van der Waals surface area contributed by atoms with Crippen LogP contribution in [0.4, 0.5) is 0 Å². The molecule has 4 heterocycles. The molecule has 43 heavy (non-hydrogen) atoms. The van der Waals surface area contributed by atoms with Crippen molar-refractivity contribution in [3.63, 3.8) is 0 Å². The molecule has 4 rings (SSSR count). The number of aromatic nitrogens is 4. The van der Waals surface area contributed by atoms with Crippen molar-refractivity contribution in [1.82, 2.24) is 0 Å². The first-order valence-corrected chi connectivity index (χ1v) is 15.2. The molecule has 0 fully saturated rings. The van der Waals surface area contributed by atoms with Crippen molar-refractivity contribution in [2.45, 2.75) is 97.8 Å². The third kappa shape index (κ3) is 14.4. The summed E-state index contributed by atoms with van der Waals surface area (Å²) in [6, 6.07) is 17.8. The van der Waals surface area contributed by atoms with Gasteiger partial charge >= 0.3 is 0 Å². The van der Waals surface area contributed by atoms with E-state index in [2.05, 4.69) is 130 Å². The molecule has 0 amide bonds. The summed E-state index contributed by atoms with van der Waals surface area (Å²) < 4.78 is 9.04. The molecule has 0 saturated heterocycles. The highest BCUT2D eigenvalue weighted by atomic mass is 79.9. The van der Waals surface area contributed by atoms with Crippen LogP contribution in [0, 0.1) is 0 Å². The number of hydrogen-bond acceptors (Lipinski definition) is 0. The molecule has 8 heteroatoms. The lowest BCUT2D eigenvalue weighted by molar-refractivity contribution is -0.697. The molecule has 0 aromatic carbocycles. The quantitative estimate of drug-likeness (QED) is 0.0792. The highest BCUT2D eigenvalue weighted by Crippen LogP contribution is 2.17. The van der Waals surface area contributed by atoms with E-state index >= 15 is 0 Å². The summed E-state index contributed by atoms with van der Waals surface area (Å²) >= 11 is 0. The zero-order chi connectivity index (χ0) is 27.1. The van der Waals surface area contributed by atoms with Crippen molar-refractivity contribution in [1.29, 1.82) is 0 Å². The number of halogens is 4. The maximum Gasteiger partial charge on any atom is 0.169 e. The number of pyridine rings is 4. The van der Waals surface area contributed by atoms with Crippen molar-refractivity contribution < 1.29 is 86.2 Å². The van der Waals surface area contributed by atoms with E-state index in [-0.39, 0.29) is 67.9 Å². The fraction of sp³-hybridized carbons (Fsp3) is 0.429. The molecule has 0 bridgehead atoms. The van der Waals surface area contributed by atoms with Crippen LogP contribution in [0.5, 0.6) is 0 Å². The standard InChI is InChI=1S/C35H48N4.4BrH/c1-3-36-24-14-32(15-25-36)34-18-28-38(29-19-34)22-12-10-8-6-5-7-9-11-13-23-39-30-20-35(21-31-39)33-16-26-37(4-2)27-17-33;;;;/h14-21,24-31H,3-13,22-23H2,1-2H3;4*1H/q+4;;;;/p-4. The van der Waals surface area contributed by atoms with E-state index in [1.54, 1.807) is 0 Å². The molecule has 0 aliphatic carbocycles. The molecule has 0 saturated carbocycles. The summed E-state index contributed by atoms with van der Waals surface area (Å²) in [5.41, 5.74) is 5.15.